The van der Waals surface area contributed by atoms with Crippen LogP contribution in [0.25, 0.3) is 39.6 Å². The van der Waals surface area contributed by atoms with Gasteiger partial charge < -0.3 is 4.42 Å². The van der Waals surface area contributed by atoms with Crippen molar-refractivity contribution < 1.29 is 30.8 Å². The lowest BCUT2D eigenvalue weighted by Crippen LogP contribution is -2.18. The molecule has 0 saturated carbocycles. The molecule has 0 saturated heterocycles. The molecule has 0 aliphatic rings. The molecule has 0 aliphatic heterocycles. The Morgan fingerprint density at radius 1 is 0.806 bits per heavy atom. The summed E-state index contributed by atoms with van der Waals surface area (Å²) in [6.07, 6.45) is -5.84. The largest absolute Gasteiger partial charge is 0.451 e. The lowest BCUT2D eigenvalue weighted by atomic mass is 10.1. The molecule has 182 valence electrons. The van der Waals surface area contributed by atoms with Gasteiger partial charge in [-0.3, -0.25) is 14.3 Å². The average molecular weight is 503 g/mol. The highest BCUT2D eigenvalue weighted by Gasteiger charge is 2.35. The highest BCUT2D eigenvalue weighted by atomic mass is 19.4. The van der Waals surface area contributed by atoms with Crippen molar-refractivity contribution in [3.63, 3.8) is 0 Å². The van der Waals surface area contributed by atoms with Crippen LogP contribution in [0, 0.1) is 0 Å². The van der Waals surface area contributed by atoms with E-state index in [-0.39, 0.29) is 28.4 Å². The van der Waals surface area contributed by atoms with Crippen LogP contribution in [0.3, 0.4) is 0 Å². The van der Waals surface area contributed by atoms with Gasteiger partial charge in [-0.1, -0.05) is 18.2 Å². The van der Waals surface area contributed by atoms with Crippen LogP contribution in [0.2, 0.25) is 0 Å². The predicted octanol–water partition coefficient (Wildman–Crippen LogP) is 5.54. The zero-order valence-electron chi connectivity index (χ0n) is 17.7. The molecule has 0 amide bonds. The zero-order valence-corrected chi connectivity index (χ0v) is 17.7. The highest BCUT2D eigenvalue weighted by Crippen LogP contribution is 2.35. The second-order valence-corrected chi connectivity index (χ2v) is 7.44. The molecular weight excluding hydrogens is 492 g/mol. The monoisotopic (exact) mass is 503 g/mol. The number of aromatic nitrogens is 5. The molecule has 5 aromatic rings. The molecule has 0 fully saturated rings. The van der Waals surface area contributed by atoms with Gasteiger partial charge in [0.1, 0.15) is 16.9 Å². The Hall–Kier alpha value is -4.55. The number of fused-ring (bicyclic) bond motifs is 1. The van der Waals surface area contributed by atoms with Gasteiger partial charge in [0.05, 0.1) is 5.56 Å². The first-order valence-electron chi connectivity index (χ1n) is 10.1. The summed E-state index contributed by atoms with van der Waals surface area (Å²) in [5.41, 5.74) is -1.81. The van der Waals surface area contributed by atoms with Crippen molar-refractivity contribution in [2.45, 2.75) is 12.4 Å². The third-order valence-corrected chi connectivity index (χ3v) is 5.11. The summed E-state index contributed by atoms with van der Waals surface area (Å²) in [7, 11) is 0. The first-order valence-corrected chi connectivity index (χ1v) is 10.1. The molecule has 36 heavy (non-hydrogen) atoms. The van der Waals surface area contributed by atoms with Crippen molar-refractivity contribution in [3.05, 3.63) is 88.9 Å². The predicted molar refractivity (Wildman–Crippen MR) is 114 cm³/mol. The van der Waals surface area contributed by atoms with Crippen molar-refractivity contribution in [2.24, 2.45) is 0 Å². The number of alkyl halides is 6. The molecule has 4 aromatic heterocycles. The second-order valence-electron chi connectivity index (χ2n) is 7.44. The van der Waals surface area contributed by atoms with Crippen LogP contribution < -0.4 is 5.56 Å². The number of oxazole rings is 1. The Labute approximate surface area is 196 Å². The molecular formula is C23H11F6N5O2. The van der Waals surface area contributed by atoms with Gasteiger partial charge >= 0.3 is 12.4 Å². The van der Waals surface area contributed by atoms with Gasteiger partial charge in [-0.2, -0.15) is 26.3 Å². The summed E-state index contributed by atoms with van der Waals surface area (Å²) >= 11 is 0. The van der Waals surface area contributed by atoms with Crippen LogP contribution in [0.5, 0.6) is 0 Å². The van der Waals surface area contributed by atoms with E-state index in [0.29, 0.717) is 5.39 Å². The zero-order chi connectivity index (χ0) is 25.7. The summed E-state index contributed by atoms with van der Waals surface area (Å²) in [5, 5.41) is 0.514. The lowest BCUT2D eigenvalue weighted by molar-refractivity contribution is -0.145. The standard InChI is InChI=1S/C23H11F6N5O2/c24-22(25,26)14-5-3-13(4-6-14)17-20(34-11-8-12-2-1-9-30-16(12)19(34)35)36-18(33-17)15-7-10-31-21(32-15)23(27,28)29/h1-11H. The molecule has 4 heterocycles. The van der Waals surface area contributed by atoms with E-state index in [1.807, 2.05) is 0 Å². The van der Waals surface area contributed by atoms with Crippen LogP contribution in [0.4, 0.5) is 26.3 Å². The number of rotatable bonds is 3. The molecule has 0 unspecified atom stereocenters. The summed E-state index contributed by atoms with van der Waals surface area (Å²) in [6, 6.07) is 9.78. The fourth-order valence-electron chi connectivity index (χ4n) is 3.43. The molecule has 5 rings (SSSR count). The van der Waals surface area contributed by atoms with E-state index in [2.05, 4.69) is 19.9 Å². The van der Waals surface area contributed by atoms with E-state index in [1.54, 1.807) is 18.2 Å². The van der Waals surface area contributed by atoms with Gasteiger partial charge in [0.2, 0.25) is 17.6 Å². The van der Waals surface area contributed by atoms with Crippen molar-refractivity contribution >= 4 is 10.9 Å². The van der Waals surface area contributed by atoms with E-state index < -0.39 is 35.2 Å². The van der Waals surface area contributed by atoms with Gasteiger partial charge in [0.15, 0.2) is 0 Å². The Morgan fingerprint density at radius 2 is 1.56 bits per heavy atom. The fourth-order valence-corrected chi connectivity index (χ4v) is 3.43. The summed E-state index contributed by atoms with van der Waals surface area (Å²) in [6.45, 7) is 0. The third-order valence-electron chi connectivity index (χ3n) is 5.11. The SMILES string of the molecule is O=c1c2ncccc2ccn1-c1oc(-c2ccnc(C(F)(F)F)n2)nc1-c1ccc(C(F)(F)F)cc1. The van der Waals surface area contributed by atoms with Crippen LogP contribution in [0.1, 0.15) is 11.4 Å². The quantitative estimate of drug-likeness (QED) is 0.301. The molecule has 0 N–H and O–H groups in total. The number of nitrogens with zero attached hydrogens (tertiary/aromatic N) is 5. The molecule has 0 radical (unpaired) electrons. The first kappa shape index (κ1) is 23.2. The molecule has 0 aliphatic carbocycles. The topological polar surface area (TPSA) is 86.7 Å². The number of hydrogen-bond acceptors (Lipinski definition) is 6. The van der Waals surface area contributed by atoms with E-state index in [0.717, 1.165) is 41.1 Å². The lowest BCUT2D eigenvalue weighted by Gasteiger charge is -2.08. The minimum atomic E-state index is -4.84. The summed E-state index contributed by atoms with van der Waals surface area (Å²) in [4.78, 5) is 28.0. The number of benzene rings is 1. The number of hydrogen-bond donors (Lipinski definition) is 0. The second kappa shape index (κ2) is 8.29. The summed E-state index contributed by atoms with van der Waals surface area (Å²) in [5.74, 6) is -2.08. The average Bonchev–Trinajstić information content (AvgIpc) is 3.29. The minimum Gasteiger partial charge on any atom is -0.417 e. The number of halogens is 6. The van der Waals surface area contributed by atoms with Crippen LogP contribution in [0.15, 0.2) is 76.3 Å². The normalized spacial score (nSPS) is 12.3. The number of pyridine rings is 2. The third kappa shape index (κ3) is 4.19. The van der Waals surface area contributed by atoms with Crippen molar-refractivity contribution in [2.75, 3.05) is 0 Å². The molecule has 0 atom stereocenters. The Morgan fingerprint density at radius 3 is 2.25 bits per heavy atom. The van der Waals surface area contributed by atoms with E-state index >= 15 is 0 Å². The Bertz CT molecular complexity index is 1640. The Kier molecular flexibility index (Phi) is 5.34. The van der Waals surface area contributed by atoms with Crippen molar-refractivity contribution in [1.82, 2.24) is 24.5 Å². The van der Waals surface area contributed by atoms with Crippen molar-refractivity contribution in [1.29, 1.82) is 0 Å². The highest BCUT2D eigenvalue weighted by molar-refractivity contribution is 5.78. The van der Waals surface area contributed by atoms with Crippen LogP contribution in [-0.4, -0.2) is 24.5 Å². The molecule has 1 aromatic carbocycles. The van der Waals surface area contributed by atoms with E-state index in [1.165, 1.54) is 12.4 Å². The first-order chi connectivity index (χ1) is 17.0. The molecule has 0 spiro atoms. The van der Waals surface area contributed by atoms with Gasteiger partial charge in [-0.25, -0.2) is 15.0 Å². The fraction of sp³-hybridized carbons (Fsp3) is 0.0870. The van der Waals surface area contributed by atoms with E-state index in [4.69, 9.17) is 4.42 Å². The maximum absolute atomic E-state index is 13.1. The van der Waals surface area contributed by atoms with Gasteiger partial charge in [0.25, 0.3) is 5.56 Å². The Balaban J connectivity index is 1.72. The smallest absolute Gasteiger partial charge is 0.417 e. The summed E-state index contributed by atoms with van der Waals surface area (Å²) < 4.78 is 85.1. The van der Waals surface area contributed by atoms with Gasteiger partial charge in [-0.05, 0) is 30.3 Å². The molecule has 0 bridgehead atoms. The molecule has 13 heteroatoms. The van der Waals surface area contributed by atoms with Gasteiger partial charge in [0, 0.05) is 29.5 Å². The molecule has 7 nitrogen and oxygen atoms in total. The maximum atomic E-state index is 13.1. The van der Waals surface area contributed by atoms with Crippen LogP contribution in [-0.2, 0) is 12.4 Å². The van der Waals surface area contributed by atoms with Crippen molar-refractivity contribution in [3.8, 4) is 28.7 Å². The van der Waals surface area contributed by atoms with Gasteiger partial charge in [-0.15, -0.1) is 0 Å². The maximum Gasteiger partial charge on any atom is 0.451 e. The minimum absolute atomic E-state index is 0.0673. The van der Waals surface area contributed by atoms with Crippen LogP contribution >= 0.6 is 0 Å². The van der Waals surface area contributed by atoms with E-state index in [9.17, 15) is 31.1 Å².